The van der Waals surface area contributed by atoms with Crippen molar-refractivity contribution in [3.63, 3.8) is 0 Å². The Hall–Kier alpha value is -2.40. The number of hydrogen-bond donors (Lipinski definition) is 2. The molecule has 0 spiro atoms. The molecule has 2 saturated carbocycles. The van der Waals surface area contributed by atoms with Gasteiger partial charge in [0.05, 0.1) is 24.0 Å². The quantitative estimate of drug-likeness (QED) is 0.827. The highest BCUT2D eigenvalue weighted by Gasteiger charge is 2.46. The van der Waals surface area contributed by atoms with Gasteiger partial charge in [-0.2, -0.15) is 0 Å². The molecule has 0 saturated heterocycles. The third-order valence-corrected chi connectivity index (χ3v) is 6.36. The van der Waals surface area contributed by atoms with Crippen LogP contribution in [-0.4, -0.2) is 22.1 Å². The van der Waals surface area contributed by atoms with E-state index in [0.717, 1.165) is 48.4 Å². The van der Waals surface area contributed by atoms with Crippen molar-refractivity contribution < 1.29 is 9.90 Å². The van der Waals surface area contributed by atoms with Gasteiger partial charge in [0.15, 0.2) is 0 Å². The molecule has 2 bridgehead atoms. The van der Waals surface area contributed by atoms with Gasteiger partial charge in [0.25, 0.3) is 0 Å². The van der Waals surface area contributed by atoms with Crippen LogP contribution in [0.1, 0.15) is 31.2 Å². The molecule has 2 N–H and O–H groups in total. The summed E-state index contributed by atoms with van der Waals surface area (Å²) in [7, 11) is 0. The van der Waals surface area contributed by atoms with E-state index in [1.165, 1.54) is 0 Å². The number of anilines is 3. The summed E-state index contributed by atoms with van der Waals surface area (Å²) >= 11 is 0. The largest absolute Gasteiger partial charge is 0.393 e. The Morgan fingerprint density at radius 3 is 2.88 bits per heavy atom. The zero-order valence-corrected chi connectivity index (χ0v) is 14.6. The van der Waals surface area contributed by atoms with E-state index in [4.69, 9.17) is 0 Å². The Kier molecular flexibility index (Phi) is 3.71. The number of aliphatic hydroxyl groups is 1. The second-order valence-electron chi connectivity index (χ2n) is 7.82. The fraction of sp³-hybridized carbons (Fsp3) is 0.429. The number of nitrogens with zero attached hydrogens (tertiary/aromatic N) is 2. The number of nitrogens with one attached hydrogen (secondary N) is 1. The number of aromatic nitrogens is 1. The highest BCUT2D eigenvalue weighted by molar-refractivity contribution is 5.99. The van der Waals surface area contributed by atoms with Crippen LogP contribution in [0, 0.1) is 17.8 Å². The second-order valence-corrected chi connectivity index (χ2v) is 7.82. The van der Waals surface area contributed by atoms with E-state index >= 15 is 0 Å². The van der Waals surface area contributed by atoms with Crippen molar-refractivity contribution in [1.29, 1.82) is 0 Å². The molecule has 26 heavy (non-hydrogen) atoms. The normalized spacial score (nSPS) is 29.3. The lowest BCUT2D eigenvalue weighted by Gasteiger charge is -2.28. The lowest BCUT2D eigenvalue weighted by atomic mass is 9.85. The third-order valence-electron chi connectivity index (χ3n) is 6.36. The van der Waals surface area contributed by atoms with Gasteiger partial charge in [0.1, 0.15) is 5.82 Å². The van der Waals surface area contributed by atoms with Gasteiger partial charge in [-0.05, 0) is 55.7 Å². The lowest BCUT2D eigenvalue weighted by Crippen LogP contribution is -2.37. The average Bonchev–Trinajstić information content (AvgIpc) is 2.93. The average molecular weight is 349 g/mol. The summed E-state index contributed by atoms with van der Waals surface area (Å²) in [6, 6.07) is 11.9. The molecule has 3 aliphatic rings. The molecule has 5 rings (SSSR count). The number of pyridine rings is 1. The first-order valence-corrected chi connectivity index (χ1v) is 9.50. The maximum absolute atomic E-state index is 13.6. The topological polar surface area (TPSA) is 65.5 Å². The summed E-state index contributed by atoms with van der Waals surface area (Å²) in [4.78, 5) is 19.9. The van der Waals surface area contributed by atoms with Crippen LogP contribution in [0.5, 0.6) is 0 Å². The molecule has 0 radical (unpaired) electrons. The number of amides is 1. The highest BCUT2D eigenvalue weighted by atomic mass is 16.3. The Bertz CT molecular complexity index is 853. The number of rotatable bonds is 1. The lowest BCUT2D eigenvalue weighted by molar-refractivity contribution is -0.123. The van der Waals surface area contributed by atoms with Crippen LogP contribution in [0.2, 0.25) is 0 Å². The first-order valence-electron chi connectivity index (χ1n) is 9.50. The van der Waals surface area contributed by atoms with Crippen molar-refractivity contribution in [1.82, 2.24) is 4.98 Å². The van der Waals surface area contributed by atoms with Crippen molar-refractivity contribution in [3.8, 4) is 0 Å². The minimum absolute atomic E-state index is 0.0171. The monoisotopic (exact) mass is 349 g/mol. The van der Waals surface area contributed by atoms with Crippen molar-refractivity contribution in [3.05, 3.63) is 48.2 Å². The molecule has 2 aliphatic carbocycles. The van der Waals surface area contributed by atoms with Crippen molar-refractivity contribution >= 4 is 23.1 Å². The van der Waals surface area contributed by atoms with Crippen LogP contribution in [-0.2, 0) is 11.3 Å². The van der Waals surface area contributed by atoms with E-state index in [-0.39, 0.29) is 23.8 Å². The molecular weight excluding hydrogens is 326 g/mol. The molecule has 5 nitrogen and oxygen atoms in total. The van der Waals surface area contributed by atoms with Gasteiger partial charge in [-0.25, -0.2) is 4.98 Å². The second kappa shape index (κ2) is 6.09. The van der Waals surface area contributed by atoms with Crippen LogP contribution in [0.15, 0.2) is 42.6 Å². The smallest absolute Gasteiger partial charge is 0.230 e. The van der Waals surface area contributed by atoms with Gasteiger partial charge in [-0.1, -0.05) is 18.2 Å². The molecule has 2 aromatic rings. The van der Waals surface area contributed by atoms with Gasteiger partial charge in [0.2, 0.25) is 5.91 Å². The van der Waals surface area contributed by atoms with Crippen LogP contribution in [0.25, 0.3) is 0 Å². The minimum Gasteiger partial charge on any atom is -0.393 e. The summed E-state index contributed by atoms with van der Waals surface area (Å²) in [5.41, 5.74) is 2.86. The summed E-state index contributed by atoms with van der Waals surface area (Å²) < 4.78 is 0. The third kappa shape index (κ3) is 2.50. The maximum Gasteiger partial charge on any atom is 0.230 e. The Balaban J connectivity index is 1.52. The van der Waals surface area contributed by atoms with Crippen molar-refractivity contribution in [2.24, 2.45) is 17.8 Å². The summed E-state index contributed by atoms with van der Waals surface area (Å²) in [6.45, 7) is 0.530. The van der Waals surface area contributed by atoms with Gasteiger partial charge in [-0.3, -0.25) is 4.79 Å². The molecule has 1 aromatic carbocycles. The minimum atomic E-state index is -0.230. The number of fused-ring (bicyclic) bond motifs is 4. The Morgan fingerprint density at radius 1 is 1.12 bits per heavy atom. The first kappa shape index (κ1) is 15.8. The molecular formula is C21H23N3O2. The van der Waals surface area contributed by atoms with Gasteiger partial charge >= 0.3 is 0 Å². The van der Waals surface area contributed by atoms with E-state index in [0.29, 0.717) is 12.5 Å². The van der Waals surface area contributed by atoms with Crippen molar-refractivity contribution in [2.45, 2.75) is 38.3 Å². The van der Waals surface area contributed by atoms with Crippen LogP contribution in [0.3, 0.4) is 0 Å². The molecule has 1 amide bonds. The standard InChI is InChI=1S/C21H23N3O2/c25-19-8-7-13-10-15(19)11-16(13)21(26)24-12-14-4-3-9-22-20(14)23-17-5-1-2-6-18(17)24/h1-6,9,13,15-16,19,25H,7-8,10-12H2,(H,22,23)/t13-,15-,16?,19?/m0/s1. The molecule has 2 fully saturated rings. The molecule has 2 heterocycles. The fourth-order valence-electron chi connectivity index (χ4n) is 5.00. The number of benzene rings is 1. The van der Waals surface area contributed by atoms with E-state index in [2.05, 4.69) is 10.3 Å². The molecule has 1 aliphatic heterocycles. The van der Waals surface area contributed by atoms with Gasteiger partial charge in [-0.15, -0.1) is 0 Å². The van der Waals surface area contributed by atoms with E-state index < -0.39 is 0 Å². The Morgan fingerprint density at radius 2 is 2.00 bits per heavy atom. The van der Waals surface area contributed by atoms with Crippen molar-refractivity contribution in [2.75, 3.05) is 10.2 Å². The molecule has 1 aromatic heterocycles. The van der Waals surface area contributed by atoms with Gasteiger partial charge in [0, 0.05) is 17.7 Å². The predicted molar refractivity (Wildman–Crippen MR) is 100 cm³/mol. The number of aliphatic hydroxyl groups excluding tert-OH is 1. The summed E-state index contributed by atoms with van der Waals surface area (Å²) in [5, 5.41) is 13.6. The molecule has 5 heteroatoms. The number of carbonyl (C=O) groups is 1. The zero-order valence-electron chi connectivity index (χ0n) is 14.6. The van der Waals surface area contributed by atoms with E-state index in [1.54, 1.807) is 6.20 Å². The Labute approximate surface area is 153 Å². The maximum atomic E-state index is 13.6. The van der Waals surface area contributed by atoms with E-state index in [9.17, 15) is 9.90 Å². The molecule has 2 unspecified atom stereocenters. The number of hydrogen-bond acceptors (Lipinski definition) is 4. The number of para-hydroxylation sites is 2. The SMILES string of the molecule is O=C(C1C[C@@H]2C[C@@H]1CCC2O)N1Cc2cccnc2Nc2ccccc21. The summed E-state index contributed by atoms with van der Waals surface area (Å²) in [6.07, 6.45) is 5.14. The van der Waals surface area contributed by atoms with Crippen LogP contribution in [0.4, 0.5) is 17.2 Å². The van der Waals surface area contributed by atoms with E-state index in [1.807, 2.05) is 41.3 Å². The molecule has 4 atom stereocenters. The predicted octanol–water partition coefficient (Wildman–Crippen LogP) is 3.47. The zero-order chi connectivity index (χ0) is 17.7. The van der Waals surface area contributed by atoms with Gasteiger partial charge < -0.3 is 15.3 Å². The first-order chi connectivity index (χ1) is 12.7. The van der Waals surface area contributed by atoms with Crippen LogP contribution < -0.4 is 10.2 Å². The number of carbonyl (C=O) groups excluding carboxylic acids is 1. The molecule has 134 valence electrons. The van der Waals surface area contributed by atoms with Crippen LogP contribution >= 0.6 is 0 Å². The highest BCUT2D eigenvalue weighted by Crippen LogP contribution is 2.48. The fourth-order valence-corrected chi connectivity index (χ4v) is 5.00. The summed E-state index contributed by atoms with van der Waals surface area (Å²) in [5.74, 6) is 1.72.